The van der Waals surface area contributed by atoms with Crippen molar-refractivity contribution in [1.29, 1.82) is 0 Å². The predicted molar refractivity (Wildman–Crippen MR) is 106 cm³/mol. The number of nitrogens with one attached hydrogen (secondary N) is 1. The molecule has 1 atom stereocenters. The Labute approximate surface area is 163 Å². The molecular weight excluding hydrogens is 354 g/mol. The monoisotopic (exact) mass is 375 g/mol. The number of aromatic nitrogens is 3. The first kappa shape index (κ1) is 17.9. The number of hydrogen-bond donors (Lipinski definition) is 1. The first-order valence-corrected chi connectivity index (χ1v) is 9.16. The van der Waals surface area contributed by atoms with Gasteiger partial charge in [-0.15, -0.1) is 0 Å². The normalized spacial score (nSPS) is 16.2. The van der Waals surface area contributed by atoms with Gasteiger partial charge in [-0.3, -0.25) is 4.79 Å². The lowest BCUT2D eigenvalue weighted by molar-refractivity contribution is -0.133. The highest BCUT2D eigenvalue weighted by Gasteiger charge is 2.33. The zero-order valence-electron chi connectivity index (χ0n) is 15.8. The summed E-state index contributed by atoms with van der Waals surface area (Å²) in [6, 6.07) is 9.32. The Bertz CT molecular complexity index is 1010. The van der Waals surface area contributed by atoms with E-state index in [1.54, 1.807) is 29.5 Å². The van der Waals surface area contributed by atoms with E-state index in [9.17, 15) is 4.79 Å². The first-order chi connectivity index (χ1) is 13.6. The van der Waals surface area contributed by atoms with Crippen LogP contribution in [0.2, 0.25) is 0 Å². The molecule has 1 fully saturated rings. The standard InChI is InChI=1S/C21H21N5O2/c1-14-5-3-10-22-21(14)25-19-13-17(23-15(2)24-19)18-9-11-26(18)20(27)8-7-16-6-4-12-28-16/h3-8,10,12-13,18H,9,11H2,1-2H3,(H,22,23,24,25)/b8-7+. The van der Waals surface area contributed by atoms with Gasteiger partial charge in [0.15, 0.2) is 0 Å². The second-order valence-electron chi connectivity index (χ2n) is 6.70. The molecule has 4 heterocycles. The van der Waals surface area contributed by atoms with Crippen LogP contribution in [-0.2, 0) is 4.79 Å². The average molecular weight is 375 g/mol. The fraction of sp³-hybridized carbons (Fsp3) is 0.238. The van der Waals surface area contributed by atoms with Crippen LogP contribution in [-0.4, -0.2) is 32.3 Å². The highest BCUT2D eigenvalue weighted by molar-refractivity contribution is 5.92. The van der Waals surface area contributed by atoms with E-state index in [2.05, 4.69) is 20.3 Å². The van der Waals surface area contributed by atoms with Crippen molar-refractivity contribution < 1.29 is 9.21 Å². The number of hydrogen-bond acceptors (Lipinski definition) is 6. The third-order valence-corrected chi connectivity index (χ3v) is 4.69. The summed E-state index contributed by atoms with van der Waals surface area (Å²) < 4.78 is 5.23. The molecule has 1 amide bonds. The summed E-state index contributed by atoms with van der Waals surface area (Å²) in [4.78, 5) is 27.7. The lowest BCUT2D eigenvalue weighted by atomic mass is 9.98. The Kier molecular flexibility index (Phi) is 4.89. The van der Waals surface area contributed by atoms with Crippen molar-refractivity contribution in [3.63, 3.8) is 0 Å². The number of anilines is 2. The SMILES string of the molecule is Cc1nc(Nc2ncccc2C)cc(C2CCN2C(=O)/C=C/c2ccco2)n1. The average Bonchev–Trinajstić information content (AvgIpc) is 3.14. The smallest absolute Gasteiger partial charge is 0.247 e. The number of rotatable bonds is 5. The van der Waals surface area contributed by atoms with E-state index in [1.165, 1.54) is 6.08 Å². The number of carbonyl (C=O) groups excluding carboxylic acids is 1. The van der Waals surface area contributed by atoms with Crippen molar-refractivity contribution >= 4 is 23.6 Å². The molecule has 142 valence electrons. The van der Waals surface area contributed by atoms with Gasteiger partial charge >= 0.3 is 0 Å². The highest BCUT2D eigenvalue weighted by Crippen LogP contribution is 2.33. The van der Waals surface area contributed by atoms with Crippen LogP contribution in [0.15, 0.2) is 53.3 Å². The summed E-state index contributed by atoms with van der Waals surface area (Å²) in [7, 11) is 0. The molecule has 0 radical (unpaired) electrons. The molecule has 3 aromatic heterocycles. The maximum Gasteiger partial charge on any atom is 0.247 e. The fourth-order valence-electron chi connectivity index (χ4n) is 3.16. The van der Waals surface area contributed by atoms with E-state index in [4.69, 9.17) is 4.42 Å². The Morgan fingerprint density at radius 3 is 2.89 bits per heavy atom. The minimum absolute atomic E-state index is 0.0548. The van der Waals surface area contributed by atoms with Crippen molar-refractivity contribution in [3.05, 3.63) is 71.7 Å². The van der Waals surface area contributed by atoms with Crippen LogP contribution < -0.4 is 5.32 Å². The van der Waals surface area contributed by atoms with E-state index >= 15 is 0 Å². The number of pyridine rings is 1. The second-order valence-corrected chi connectivity index (χ2v) is 6.70. The molecule has 1 N–H and O–H groups in total. The zero-order chi connectivity index (χ0) is 19.5. The van der Waals surface area contributed by atoms with E-state index < -0.39 is 0 Å². The van der Waals surface area contributed by atoms with Gasteiger partial charge in [-0.2, -0.15) is 0 Å². The summed E-state index contributed by atoms with van der Waals surface area (Å²) >= 11 is 0. The van der Waals surface area contributed by atoms with Gasteiger partial charge in [-0.05, 0) is 50.1 Å². The van der Waals surface area contributed by atoms with Crippen molar-refractivity contribution in [2.45, 2.75) is 26.3 Å². The molecule has 0 aliphatic carbocycles. The maximum absolute atomic E-state index is 12.5. The van der Waals surface area contributed by atoms with E-state index in [0.717, 1.165) is 23.5 Å². The zero-order valence-corrected chi connectivity index (χ0v) is 15.8. The van der Waals surface area contributed by atoms with Gasteiger partial charge in [0.25, 0.3) is 0 Å². The number of amides is 1. The van der Waals surface area contributed by atoms with Crippen LogP contribution in [0.5, 0.6) is 0 Å². The Balaban J connectivity index is 1.51. The third-order valence-electron chi connectivity index (χ3n) is 4.69. The molecule has 0 bridgehead atoms. The lowest BCUT2D eigenvalue weighted by Crippen LogP contribution is -2.44. The molecule has 1 saturated heterocycles. The maximum atomic E-state index is 12.5. The van der Waals surface area contributed by atoms with Crippen LogP contribution in [0.1, 0.15) is 35.3 Å². The van der Waals surface area contributed by atoms with Crippen LogP contribution in [0.25, 0.3) is 6.08 Å². The topological polar surface area (TPSA) is 84.2 Å². The van der Waals surface area contributed by atoms with Crippen LogP contribution in [0, 0.1) is 13.8 Å². The Morgan fingerprint density at radius 2 is 2.18 bits per heavy atom. The molecule has 0 aromatic carbocycles. The predicted octanol–water partition coefficient (Wildman–Crippen LogP) is 3.81. The minimum atomic E-state index is -0.0565. The van der Waals surface area contributed by atoms with Gasteiger partial charge in [0.05, 0.1) is 18.0 Å². The number of nitrogens with zero attached hydrogens (tertiary/aromatic N) is 4. The molecule has 4 rings (SSSR count). The minimum Gasteiger partial charge on any atom is -0.465 e. The summed E-state index contributed by atoms with van der Waals surface area (Å²) in [6.45, 7) is 4.54. The third kappa shape index (κ3) is 3.78. The number of furan rings is 1. The van der Waals surface area contributed by atoms with E-state index in [1.807, 2.05) is 38.1 Å². The molecule has 7 nitrogen and oxygen atoms in total. The van der Waals surface area contributed by atoms with Gasteiger partial charge < -0.3 is 14.6 Å². The van der Waals surface area contributed by atoms with E-state index in [-0.39, 0.29) is 11.9 Å². The first-order valence-electron chi connectivity index (χ1n) is 9.16. The van der Waals surface area contributed by atoms with Crippen LogP contribution in [0.4, 0.5) is 11.6 Å². The van der Waals surface area contributed by atoms with Gasteiger partial charge in [0.1, 0.15) is 23.2 Å². The highest BCUT2D eigenvalue weighted by atomic mass is 16.3. The van der Waals surface area contributed by atoms with Gasteiger partial charge in [0.2, 0.25) is 5.91 Å². The molecule has 1 aliphatic rings. The summed E-state index contributed by atoms with van der Waals surface area (Å²) in [5.41, 5.74) is 1.86. The Hall–Kier alpha value is -3.48. The molecule has 3 aromatic rings. The molecule has 0 saturated carbocycles. The van der Waals surface area contributed by atoms with Gasteiger partial charge in [-0.25, -0.2) is 15.0 Å². The van der Waals surface area contributed by atoms with Crippen molar-refractivity contribution in [3.8, 4) is 0 Å². The summed E-state index contributed by atoms with van der Waals surface area (Å²) in [6.07, 6.45) is 7.41. The van der Waals surface area contributed by atoms with Crippen LogP contribution >= 0.6 is 0 Å². The second kappa shape index (κ2) is 7.64. The summed E-state index contributed by atoms with van der Waals surface area (Å²) in [5, 5.41) is 3.25. The molecule has 7 heteroatoms. The van der Waals surface area contributed by atoms with E-state index in [0.29, 0.717) is 23.9 Å². The van der Waals surface area contributed by atoms with Crippen LogP contribution in [0.3, 0.4) is 0 Å². The lowest BCUT2D eigenvalue weighted by Gasteiger charge is -2.40. The fourth-order valence-corrected chi connectivity index (χ4v) is 3.16. The van der Waals surface area contributed by atoms with Crippen molar-refractivity contribution in [2.24, 2.45) is 0 Å². The van der Waals surface area contributed by atoms with Gasteiger partial charge in [0, 0.05) is 24.9 Å². The van der Waals surface area contributed by atoms with Crippen molar-refractivity contribution in [2.75, 3.05) is 11.9 Å². The summed E-state index contributed by atoms with van der Waals surface area (Å²) in [5.74, 6) is 2.68. The molecular formula is C21H21N5O2. The largest absolute Gasteiger partial charge is 0.465 e. The quantitative estimate of drug-likeness (QED) is 0.683. The molecule has 0 spiro atoms. The number of likely N-dealkylation sites (tertiary alicyclic amines) is 1. The molecule has 28 heavy (non-hydrogen) atoms. The molecule has 1 unspecified atom stereocenters. The van der Waals surface area contributed by atoms with Crippen molar-refractivity contribution in [1.82, 2.24) is 19.9 Å². The Morgan fingerprint density at radius 1 is 1.29 bits per heavy atom. The van der Waals surface area contributed by atoms with Gasteiger partial charge in [-0.1, -0.05) is 6.07 Å². The molecule has 1 aliphatic heterocycles. The number of carbonyl (C=O) groups is 1. The number of aryl methyl sites for hydroxylation is 2.